The quantitative estimate of drug-likeness (QED) is 0.800. The predicted molar refractivity (Wildman–Crippen MR) is 110 cm³/mol. The molecule has 2 aliphatic heterocycles. The van der Waals surface area contributed by atoms with Gasteiger partial charge in [-0.25, -0.2) is 0 Å². The number of fused-ring (bicyclic) bond motifs is 2. The topological polar surface area (TPSA) is 50.4 Å². The van der Waals surface area contributed by atoms with Gasteiger partial charge in [0.15, 0.2) is 0 Å². The van der Waals surface area contributed by atoms with Gasteiger partial charge in [-0.1, -0.05) is 29.5 Å². The van der Waals surface area contributed by atoms with E-state index in [-0.39, 0.29) is 12.0 Å². The van der Waals surface area contributed by atoms with Crippen LogP contribution >= 0.6 is 11.8 Å². The molecule has 1 saturated heterocycles. The molecule has 1 amide bonds. The summed E-state index contributed by atoms with van der Waals surface area (Å²) in [5, 5.41) is 6.52. The van der Waals surface area contributed by atoms with Crippen molar-refractivity contribution < 1.29 is 9.53 Å². The Hall–Kier alpha value is -2.24. The van der Waals surface area contributed by atoms with Gasteiger partial charge in [-0.3, -0.25) is 4.79 Å². The van der Waals surface area contributed by atoms with Gasteiger partial charge in [-0.2, -0.15) is 0 Å². The third kappa shape index (κ3) is 3.89. The van der Waals surface area contributed by atoms with Gasteiger partial charge in [0.25, 0.3) is 5.91 Å². The SMILES string of the molecule is CC=C1Nc2cc(C(=O)NCC3CCCO3)ccc2Sc2ccc(C)cc21. The molecule has 0 radical (unpaired) electrons. The van der Waals surface area contributed by atoms with Crippen LogP contribution in [0.25, 0.3) is 5.70 Å². The fourth-order valence-corrected chi connectivity index (χ4v) is 4.48. The minimum Gasteiger partial charge on any atom is -0.376 e. The van der Waals surface area contributed by atoms with Gasteiger partial charge in [0, 0.05) is 39.8 Å². The Kier molecular flexibility index (Phi) is 5.23. The normalized spacial score (nSPS) is 19.8. The molecule has 0 aromatic heterocycles. The standard InChI is InChI=1S/C22H24N2O2S/c1-3-18-17-11-14(2)6-8-20(17)27-21-9-7-15(12-19(21)24-18)22(25)23-13-16-5-4-10-26-16/h3,6-9,11-12,16,24H,4-5,10,13H2,1-2H3,(H,23,25). The number of anilines is 1. The number of allylic oxidation sites excluding steroid dienone is 1. The fraction of sp³-hybridized carbons (Fsp3) is 0.318. The molecule has 27 heavy (non-hydrogen) atoms. The van der Waals surface area contributed by atoms with Gasteiger partial charge in [0.05, 0.1) is 11.8 Å². The molecule has 1 fully saturated rings. The van der Waals surface area contributed by atoms with E-state index in [1.165, 1.54) is 16.0 Å². The molecule has 1 unspecified atom stereocenters. The minimum absolute atomic E-state index is 0.0558. The molecule has 0 aliphatic carbocycles. The van der Waals surface area contributed by atoms with Crippen molar-refractivity contribution in [2.45, 2.75) is 42.6 Å². The van der Waals surface area contributed by atoms with Crippen LogP contribution in [0.15, 0.2) is 52.3 Å². The largest absolute Gasteiger partial charge is 0.376 e. The van der Waals surface area contributed by atoms with Crippen LogP contribution in [0.5, 0.6) is 0 Å². The zero-order valence-corrected chi connectivity index (χ0v) is 16.5. The van der Waals surface area contributed by atoms with Crippen LogP contribution < -0.4 is 10.6 Å². The van der Waals surface area contributed by atoms with Gasteiger partial charge < -0.3 is 15.4 Å². The summed E-state index contributed by atoms with van der Waals surface area (Å²) in [6.07, 6.45) is 4.33. The van der Waals surface area contributed by atoms with E-state index in [9.17, 15) is 4.79 Å². The molecule has 2 aromatic carbocycles. The number of carbonyl (C=O) groups is 1. The number of amides is 1. The second-order valence-corrected chi connectivity index (χ2v) is 8.07. The summed E-state index contributed by atoms with van der Waals surface area (Å²) in [4.78, 5) is 14.9. The third-order valence-electron chi connectivity index (χ3n) is 4.96. The number of rotatable bonds is 3. The predicted octanol–water partition coefficient (Wildman–Crippen LogP) is 4.84. The smallest absolute Gasteiger partial charge is 0.251 e. The van der Waals surface area contributed by atoms with E-state index in [2.05, 4.69) is 41.8 Å². The monoisotopic (exact) mass is 380 g/mol. The van der Waals surface area contributed by atoms with Crippen molar-refractivity contribution in [1.82, 2.24) is 5.32 Å². The number of hydrogen-bond donors (Lipinski definition) is 2. The van der Waals surface area contributed by atoms with Crippen molar-refractivity contribution in [2.24, 2.45) is 0 Å². The van der Waals surface area contributed by atoms with Crippen molar-refractivity contribution in [3.63, 3.8) is 0 Å². The summed E-state index contributed by atoms with van der Waals surface area (Å²) in [5.74, 6) is -0.0558. The van der Waals surface area contributed by atoms with Gasteiger partial charge >= 0.3 is 0 Å². The lowest BCUT2D eigenvalue weighted by Crippen LogP contribution is -2.31. The Morgan fingerprint density at radius 3 is 2.93 bits per heavy atom. The third-order valence-corrected chi connectivity index (χ3v) is 6.11. The highest BCUT2D eigenvalue weighted by Gasteiger charge is 2.20. The van der Waals surface area contributed by atoms with Crippen LogP contribution in [0.2, 0.25) is 0 Å². The second kappa shape index (κ2) is 7.79. The van der Waals surface area contributed by atoms with Gasteiger partial charge in [0.1, 0.15) is 0 Å². The molecule has 2 N–H and O–H groups in total. The minimum atomic E-state index is -0.0558. The Balaban J connectivity index is 1.57. The van der Waals surface area contributed by atoms with Crippen molar-refractivity contribution in [3.8, 4) is 0 Å². The molecule has 0 saturated carbocycles. The van der Waals surface area contributed by atoms with E-state index in [0.29, 0.717) is 12.1 Å². The van der Waals surface area contributed by atoms with Gasteiger partial charge in [-0.15, -0.1) is 0 Å². The van der Waals surface area contributed by atoms with Crippen molar-refractivity contribution in [1.29, 1.82) is 0 Å². The van der Waals surface area contributed by atoms with E-state index in [1.807, 2.05) is 25.1 Å². The first-order valence-corrected chi connectivity index (χ1v) is 10.2. The molecule has 4 nitrogen and oxygen atoms in total. The number of benzene rings is 2. The van der Waals surface area contributed by atoms with Crippen LogP contribution in [0.1, 0.15) is 41.3 Å². The number of nitrogens with one attached hydrogen (secondary N) is 2. The van der Waals surface area contributed by atoms with E-state index < -0.39 is 0 Å². The summed E-state index contributed by atoms with van der Waals surface area (Å²) >= 11 is 1.73. The van der Waals surface area contributed by atoms with Crippen molar-refractivity contribution in [3.05, 3.63) is 59.2 Å². The maximum Gasteiger partial charge on any atom is 0.251 e. The molecule has 2 aliphatic rings. The van der Waals surface area contributed by atoms with Gasteiger partial charge in [0.2, 0.25) is 0 Å². The van der Waals surface area contributed by atoms with Crippen LogP contribution in [0, 0.1) is 6.92 Å². The lowest BCUT2D eigenvalue weighted by molar-refractivity contribution is 0.0858. The average molecular weight is 381 g/mol. The van der Waals surface area contributed by atoms with Crippen molar-refractivity contribution in [2.75, 3.05) is 18.5 Å². The summed E-state index contributed by atoms with van der Waals surface area (Å²) in [5.41, 5.74) is 5.12. The van der Waals surface area contributed by atoms with E-state index in [1.54, 1.807) is 11.8 Å². The highest BCUT2D eigenvalue weighted by Crippen LogP contribution is 2.42. The Morgan fingerprint density at radius 2 is 2.15 bits per heavy atom. The lowest BCUT2D eigenvalue weighted by atomic mass is 10.1. The molecule has 4 rings (SSSR count). The van der Waals surface area contributed by atoms with E-state index >= 15 is 0 Å². The first kappa shape index (κ1) is 18.1. The van der Waals surface area contributed by atoms with Crippen LogP contribution in [0.4, 0.5) is 5.69 Å². The Bertz CT molecular complexity index is 901. The van der Waals surface area contributed by atoms with E-state index in [4.69, 9.17) is 4.74 Å². The summed E-state index contributed by atoms with van der Waals surface area (Å²) in [7, 11) is 0. The second-order valence-electron chi connectivity index (χ2n) is 6.99. The molecule has 1 atom stereocenters. The lowest BCUT2D eigenvalue weighted by Gasteiger charge is -2.13. The van der Waals surface area contributed by atoms with Crippen molar-refractivity contribution >= 4 is 29.1 Å². The molecule has 0 bridgehead atoms. The summed E-state index contributed by atoms with van der Waals surface area (Å²) in [6, 6.07) is 12.4. The van der Waals surface area contributed by atoms with Crippen LogP contribution in [-0.4, -0.2) is 25.2 Å². The maximum atomic E-state index is 12.6. The number of hydrogen-bond acceptors (Lipinski definition) is 4. The zero-order valence-electron chi connectivity index (χ0n) is 15.7. The zero-order chi connectivity index (χ0) is 18.8. The summed E-state index contributed by atoms with van der Waals surface area (Å²) in [6.45, 7) is 5.50. The van der Waals surface area contributed by atoms with Crippen LogP contribution in [-0.2, 0) is 4.74 Å². The molecule has 140 valence electrons. The maximum absolute atomic E-state index is 12.6. The molecule has 2 heterocycles. The first-order valence-electron chi connectivity index (χ1n) is 9.40. The first-order chi connectivity index (χ1) is 13.1. The number of ether oxygens (including phenoxy) is 1. The average Bonchev–Trinajstić information content (AvgIpc) is 3.14. The molecule has 5 heteroatoms. The Morgan fingerprint density at radius 1 is 1.30 bits per heavy atom. The molecule has 0 spiro atoms. The van der Waals surface area contributed by atoms with E-state index in [0.717, 1.165) is 35.7 Å². The summed E-state index contributed by atoms with van der Waals surface area (Å²) < 4.78 is 5.58. The Labute approximate surface area is 164 Å². The van der Waals surface area contributed by atoms with Crippen LogP contribution in [0.3, 0.4) is 0 Å². The molecule has 2 aromatic rings. The fourth-order valence-electron chi connectivity index (χ4n) is 3.47. The molecular formula is C22H24N2O2S. The molecular weight excluding hydrogens is 356 g/mol. The highest BCUT2D eigenvalue weighted by molar-refractivity contribution is 7.99. The number of aryl methyl sites for hydroxylation is 1. The van der Waals surface area contributed by atoms with Gasteiger partial charge in [-0.05, 0) is 57.0 Å². The number of carbonyl (C=O) groups excluding carboxylic acids is 1. The highest BCUT2D eigenvalue weighted by atomic mass is 32.2.